The highest BCUT2D eigenvalue weighted by molar-refractivity contribution is 8.32. The highest BCUT2D eigenvalue weighted by Crippen LogP contribution is 2.68. The number of carbonyl (C=O) groups excluding carboxylic acids is 1. The van der Waals surface area contributed by atoms with Gasteiger partial charge in [0, 0.05) is 7.11 Å². The van der Waals surface area contributed by atoms with E-state index in [1.807, 2.05) is 0 Å². The SMILES string of the molecule is COCCOCCOC(=O)C(F)(F)S(=O)(=O)[OH+]S(c1ccccc1)(c1ccccc1)c1ccccc1. The van der Waals surface area contributed by atoms with Crippen molar-refractivity contribution in [1.29, 1.82) is 0 Å². The second-order valence-corrected chi connectivity index (χ2v) is 12.0. The Morgan fingerprint density at radius 3 is 1.58 bits per heavy atom. The predicted molar refractivity (Wildman–Crippen MR) is 132 cm³/mol. The number of halogens is 2. The number of benzene rings is 3. The van der Waals surface area contributed by atoms with Crippen LogP contribution in [0.5, 0.6) is 0 Å². The Balaban J connectivity index is 2.01. The van der Waals surface area contributed by atoms with E-state index in [1.165, 1.54) is 7.11 Å². The first-order valence-corrected chi connectivity index (χ1v) is 13.9. The van der Waals surface area contributed by atoms with Crippen molar-refractivity contribution in [3.05, 3.63) is 91.0 Å². The van der Waals surface area contributed by atoms with Gasteiger partial charge in [-0.25, -0.2) is 4.79 Å². The zero-order valence-corrected chi connectivity index (χ0v) is 21.1. The summed E-state index contributed by atoms with van der Waals surface area (Å²) in [5.74, 6) is -2.22. The van der Waals surface area contributed by atoms with Crippen molar-refractivity contribution >= 4 is 26.4 Å². The number of hydrogen-bond acceptors (Lipinski definition) is 6. The highest BCUT2D eigenvalue weighted by Gasteiger charge is 2.63. The summed E-state index contributed by atoms with van der Waals surface area (Å²) in [5.41, 5.74) is 0. The quantitative estimate of drug-likeness (QED) is 0.129. The Morgan fingerprint density at radius 1 is 0.750 bits per heavy atom. The van der Waals surface area contributed by atoms with Gasteiger partial charge in [0.15, 0.2) is 0 Å². The van der Waals surface area contributed by atoms with Crippen LogP contribution in [0.2, 0.25) is 0 Å². The first-order chi connectivity index (χ1) is 17.3. The molecule has 0 radical (unpaired) electrons. The molecule has 11 heteroatoms. The van der Waals surface area contributed by atoms with Gasteiger partial charge in [0.05, 0.1) is 44.8 Å². The zero-order valence-electron chi connectivity index (χ0n) is 19.5. The molecule has 0 fully saturated rings. The van der Waals surface area contributed by atoms with Crippen LogP contribution in [0.15, 0.2) is 106 Å². The molecular formula is C25H27F2O7S2+. The van der Waals surface area contributed by atoms with Crippen molar-refractivity contribution in [3.8, 4) is 0 Å². The van der Waals surface area contributed by atoms with Crippen molar-refractivity contribution in [2.24, 2.45) is 0 Å². The van der Waals surface area contributed by atoms with E-state index in [0.717, 1.165) is 0 Å². The van der Waals surface area contributed by atoms with Gasteiger partial charge in [-0.05, 0) is 36.4 Å². The standard InChI is InChI=1S/C25H26F2O7S2/c1-31-17-18-32-19-20-33-24(28)25(26,27)36(29,30)34-35(21-11-5-2-6-12-21,22-13-7-3-8-14-22)23-15-9-4-10-16-23/h2-16H,17-20H2,1H3/p+1. The van der Waals surface area contributed by atoms with E-state index in [9.17, 15) is 13.2 Å². The topological polar surface area (TPSA) is 91.7 Å². The third-order valence-corrected chi connectivity index (χ3v) is 10.3. The van der Waals surface area contributed by atoms with E-state index in [1.54, 1.807) is 91.0 Å². The summed E-state index contributed by atoms with van der Waals surface area (Å²) < 4.78 is 74.7. The maximum atomic E-state index is 15.1. The maximum absolute atomic E-state index is 15.1. The van der Waals surface area contributed by atoms with Crippen LogP contribution in [0.3, 0.4) is 0 Å². The molecule has 0 spiro atoms. The Kier molecular flexibility index (Phi) is 9.57. The smallest absolute Gasteiger partial charge is 0.458 e. The molecule has 0 aliphatic heterocycles. The van der Waals surface area contributed by atoms with Crippen molar-refractivity contribution in [1.82, 2.24) is 0 Å². The molecule has 1 N–H and O–H groups in total. The van der Waals surface area contributed by atoms with Gasteiger partial charge in [-0.3, -0.25) is 3.63 Å². The molecule has 3 aromatic carbocycles. The fraction of sp³-hybridized carbons (Fsp3) is 0.240. The Hall–Kier alpha value is -2.83. The van der Waals surface area contributed by atoms with Gasteiger partial charge in [0.25, 0.3) is 0 Å². The van der Waals surface area contributed by atoms with Gasteiger partial charge in [0.1, 0.15) is 6.61 Å². The van der Waals surface area contributed by atoms with Crippen LogP contribution in [0.4, 0.5) is 8.78 Å². The van der Waals surface area contributed by atoms with Crippen LogP contribution in [0.25, 0.3) is 0 Å². The van der Waals surface area contributed by atoms with Gasteiger partial charge >= 0.3 is 21.3 Å². The molecule has 0 atom stereocenters. The predicted octanol–water partition coefficient (Wildman–Crippen LogP) is 5.11. The molecule has 7 nitrogen and oxygen atoms in total. The minimum absolute atomic E-state index is 0.162. The van der Waals surface area contributed by atoms with Crippen molar-refractivity contribution in [2.75, 3.05) is 33.5 Å². The van der Waals surface area contributed by atoms with Crippen LogP contribution >= 0.6 is 10.3 Å². The van der Waals surface area contributed by atoms with E-state index < -0.39 is 38.3 Å². The molecule has 3 aromatic rings. The number of alkyl halides is 2. The first kappa shape index (κ1) is 27.8. The molecule has 0 aliphatic carbocycles. The summed E-state index contributed by atoms with van der Waals surface area (Å²) in [6.07, 6.45) is 0. The van der Waals surface area contributed by atoms with Crippen molar-refractivity contribution in [3.63, 3.8) is 0 Å². The van der Waals surface area contributed by atoms with E-state index in [4.69, 9.17) is 9.47 Å². The minimum Gasteiger partial charge on any atom is -0.458 e. The molecular weight excluding hydrogens is 514 g/mol. The third kappa shape index (κ3) is 6.11. The molecule has 0 bridgehead atoms. The van der Waals surface area contributed by atoms with Gasteiger partial charge < -0.3 is 14.2 Å². The molecule has 3 rings (SSSR count). The molecule has 0 aliphatic rings. The Bertz CT molecular complexity index is 1110. The maximum Gasteiger partial charge on any atom is 0.514 e. The van der Waals surface area contributed by atoms with E-state index in [-0.39, 0.29) is 19.8 Å². The number of esters is 1. The van der Waals surface area contributed by atoms with Gasteiger partial charge in [-0.1, -0.05) is 54.6 Å². The molecule has 0 saturated heterocycles. The number of methoxy groups -OCH3 is 1. The number of rotatable bonds is 13. The normalized spacial score (nSPS) is 12.8. The van der Waals surface area contributed by atoms with Crippen molar-refractivity contribution < 1.29 is 39.8 Å². The lowest BCUT2D eigenvalue weighted by Crippen LogP contribution is -2.42. The third-order valence-electron chi connectivity index (χ3n) is 4.92. The number of ether oxygens (including phenoxy) is 3. The summed E-state index contributed by atoms with van der Waals surface area (Å²) in [4.78, 5) is 13.4. The van der Waals surface area contributed by atoms with Gasteiger partial charge in [-0.15, -0.1) is 8.42 Å². The molecule has 0 saturated carbocycles. The van der Waals surface area contributed by atoms with Crippen LogP contribution in [-0.2, 0) is 29.1 Å². The van der Waals surface area contributed by atoms with Gasteiger partial charge in [-0.2, -0.15) is 8.78 Å². The molecule has 36 heavy (non-hydrogen) atoms. The van der Waals surface area contributed by atoms with E-state index in [2.05, 4.69) is 8.37 Å². The minimum atomic E-state index is -5.72. The molecule has 0 unspecified atom stereocenters. The van der Waals surface area contributed by atoms with Crippen molar-refractivity contribution in [2.45, 2.75) is 19.9 Å². The largest absolute Gasteiger partial charge is 0.514 e. The van der Waals surface area contributed by atoms with Gasteiger partial charge in [0.2, 0.25) is 0 Å². The second-order valence-electron chi connectivity index (χ2n) is 7.33. The molecule has 0 aromatic heterocycles. The van der Waals surface area contributed by atoms with Crippen LogP contribution in [0.1, 0.15) is 0 Å². The van der Waals surface area contributed by atoms with E-state index >= 15 is 8.78 Å². The Labute approximate surface area is 210 Å². The Morgan fingerprint density at radius 2 is 1.17 bits per heavy atom. The number of carbonyl (C=O) groups is 1. The van der Waals surface area contributed by atoms with Crippen LogP contribution < -0.4 is 0 Å². The molecule has 194 valence electrons. The second kappa shape index (κ2) is 12.4. The number of hydrogen-bond donors (Lipinski definition) is 0. The zero-order chi connectivity index (χ0) is 26.1. The van der Waals surface area contributed by atoms with Crippen LogP contribution in [0, 0.1) is 0 Å². The summed E-state index contributed by atoms with van der Waals surface area (Å²) >= 11 is 0. The van der Waals surface area contributed by atoms with E-state index in [0.29, 0.717) is 14.7 Å². The first-order valence-electron chi connectivity index (χ1n) is 10.8. The fourth-order valence-corrected chi connectivity index (χ4v) is 8.53. The summed E-state index contributed by atoms with van der Waals surface area (Å²) in [5, 5.41) is -4.92. The lowest BCUT2D eigenvalue weighted by atomic mass is 10.4. The lowest BCUT2D eigenvalue weighted by molar-refractivity contribution is -0.163. The summed E-state index contributed by atoms with van der Waals surface area (Å²) in [6, 6.07) is 24.9. The molecule has 0 amide bonds. The lowest BCUT2D eigenvalue weighted by Gasteiger charge is -2.35. The summed E-state index contributed by atoms with van der Waals surface area (Å²) in [6.45, 7) is -0.326. The average Bonchev–Trinajstić information content (AvgIpc) is 2.90. The van der Waals surface area contributed by atoms with Crippen LogP contribution in [-0.4, -0.2) is 56.8 Å². The highest BCUT2D eigenvalue weighted by atomic mass is 32.3. The molecule has 0 heterocycles. The summed E-state index contributed by atoms with van der Waals surface area (Å²) in [7, 11) is -7.39. The fourth-order valence-electron chi connectivity index (χ4n) is 3.21. The average molecular weight is 542 g/mol. The monoisotopic (exact) mass is 541 g/mol.